The van der Waals surface area contributed by atoms with E-state index in [1.807, 2.05) is 0 Å². The highest BCUT2D eigenvalue weighted by molar-refractivity contribution is 7.93. The summed E-state index contributed by atoms with van der Waals surface area (Å²) in [6.07, 6.45) is 2.27. The van der Waals surface area contributed by atoms with Gasteiger partial charge in [0.15, 0.2) is 10.7 Å². The molecule has 0 unspecified atom stereocenters. The number of benzene rings is 1. The molecule has 2 rings (SSSR count). The molecule has 0 aliphatic heterocycles. The lowest BCUT2D eigenvalue weighted by molar-refractivity contribution is -0.387. The van der Waals surface area contributed by atoms with Gasteiger partial charge in [0.2, 0.25) is 0 Å². The Bertz CT molecular complexity index is 792. The molecule has 1 aromatic carbocycles. The molecule has 8 nitrogen and oxygen atoms in total. The number of anilines is 1. The molecular weight excluding hydrogens is 320 g/mol. The van der Waals surface area contributed by atoms with Crippen LogP contribution in [0.3, 0.4) is 0 Å². The van der Waals surface area contributed by atoms with Crippen LogP contribution in [0.2, 0.25) is 5.15 Å². The molecule has 1 N–H and O–H groups in total. The predicted molar refractivity (Wildman–Crippen MR) is 75.7 cm³/mol. The van der Waals surface area contributed by atoms with Gasteiger partial charge >= 0.3 is 0 Å². The highest BCUT2D eigenvalue weighted by Gasteiger charge is 2.28. The minimum atomic E-state index is -4.17. The zero-order valence-corrected chi connectivity index (χ0v) is 12.2. The minimum absolute atomic E-state index is 0.0862. The SMILES string of the molecule is Cc1cccc([N+](=O)[O-])c1S(=O)(=O)Nc1cnc(Cl)cn1. The highest BCUT2D eigenvalue weighted by Crippen LogP contribution is 2.28. The summed E-state index contributed by atoms with van der Waals surface area (Å²) in [4.78, 5) is 17.2. The average molecular weight is 329 g/mol. The third-order valence-corrected chi connectivity index (χ3v) is 4.26. The van der Waals surface area contributed by atoms with E-state index in [1.54, 1.807) is 0 Å². The van der Waals surface area contributed by atoms with Gasteiger partial charge in [0.05, 0.1) is 17.3 Å². The van der Waals surface area contributed by atoms with Crippen LogP contribution in [0.5, 0.6) is 0 Å². The molecule has 1 heterocycles. The molecule has 0 saturated carbocycles. The Labute approximate surface area is 125 Å². The number of halogens is 1. The van der Waals surface area contributed by atoms with Crippen LogP contribution in [0.25, 0.3) is 0 Å². The van der Waals surface area contributed by atoms with Gasteiger partial charge in [0.1, 0.15) is 5.15 Å². The molecule has 0 fully saturated rings. The lowest BCUT2D eigenvalue weighted by atomic mass is 10.2. The first kappa shape index (κ1) is 15.1. The maximum atomic E-state index is 12.3. The lowest BCUT2D eigenvalue weighted by Crippen LogP contribution is -2.17. The van der Waals surface area contributed by atoms with E-state index in [0.717, 1.165) is 18.5 Å². The van der Waals surface area contributed by atoms with Crippen LogP contribution in [0.4, 0.5) is 11.5 Å². The fraction of sp³-hybridized carbons (Fsp3) is 0.0909. The Morgan fingerprint density at radius 2 is 2.00 bits per heavy atom. The van der Waals surface area contributed by atoms with E-state index >= 15 is 0 Å². The lowest BCUT2D eigenvalue weighted by Gasteiger charge is -2.09. The second kappa shape index (κ2) is 5.62. The van der Waals surface area contributed by atoms with E-state index < -0.39 is 25.5 Å². The van der Waals surface area contributed by atoms with Crippen molar-refractivity contribution in [2.24, 2.45) is 0 Å². The molecule has 0 aliphatic carbocycles. The van der Waals surface area contributed by atoms with E-state index in [1.165, 1.54) is 19.1 Å². The number of nitro benzene ring substituents is 1. The van der Waals surface area contributed by atoms with Crippen molar-refractivity contribution >= 4 is 33.1 Å². The minimum Gasteiger partial charge on any atom is -0.262 e. The number of nitrogens with zero attached hydrogens (tertiary/aromatic N) is 3. The molecule has 0 bridgehead atoms. The van der Waals surface area contributed by atoms with Gasteiger partial charge in [-0.1, -0.05) is 23.7 Å². The van der Waals surface area contributed by atoms with Crippen LogP contribution >= 0.6 is 11.6 Å². The Hall–Kier alpha value is -2.26. The molecule has 1 aromatic heterocycles. The molecular formula is C11H9ClN4O4S. The first-order valence-electron chi connectivity index (χ1n) is 5.55. The molecule has 21 heavy (non-hydrogen) atoms. The van der Waals surface area contributed by atoms with Crippen LogP contribution < -0.4 is 4.72 Å². The van der Waals surface area contributed by atoms with Crippen molar-refractivity contribution in [3.8, 4) is 0 Å². The predicted octanol–water partition coefficient (Wildman–Crippen LogP) is 2.15. The molecule has 0 atom stereocenters. The maximum absolute atomic E-state index is 12.3. The number of aromatic nitrogens is 2. The maximum Gasteiger partial charge on any atom is 0.290 e. The number of nitrogens with one attached hydrogen (secondary N) is 1. The van der Waals surface area contributed by atoms with Crippen LogP contribution in [-0.2, 0) is 10.0 Å². The molecule has 0 saturated heterocycles. The van der Waals surface area contributed by atoms with Crippen LogP contribution in [-0.4, -0.2) is 23.3 Å². The fourth-order valence-electron chi connectivity index (χ4n) is 1.68. The van der Waals surface area contributed by atoms with E-state index in [-0.39, 0.29) is 16.5 Å². The van der Waals surface area contributed by atoms with Crippen LogP contribution in [0.1, 0.15) is 5.56 Å². The largest absolute Gasteiger partial charge is 0.290 e. The first-order valence-corrected chi connectivity index (χ1v) is 7.42. The van der Waals surface area contributed by atoms with Crippen LogP contribution in [0, 0.1) is 17.0 Å². The first-order chi connectivity index (χ1) is 9.81. The number of aryl methyl sites for hydroxylation is 1. The summed E-state index contributed by atoms with van der Waals surface area (Å²) in [5, 5.41) is 11.1. The monoisotopic (exact) mass is 328 g/mol. The van der Waals surface area contributed by atoms with Crippen molar-refractivity contribution in [2.75, 3.05) is 4.72 Å². The Morgan fingerprint density at radius 1 is 1.29 bits per heavy atom. The number of hydrogen-bond acceptors (Lipinski definition) is 6. The topological polar surface area (TPSA) is 115 Å². The number of hydrogen-bond donors (Lipinski definition) is 1. The number of rotatable bonds is 4. The molecule has 110 valence electrons. The second-order valence-corrected chi connectivity index (χ2v) is 6.02. The van der Waals surface area contributed by atoms with Crippen molar-refractivity contribution in [1.82, 2.24) is 9.97 Å². The quantitative estimate of drug-likeness (QED) is 0.679. The molecule has 0 aliphatic rings. The summed E-state index contributed by atoms with van der Waals surface area (Å²) in [5.41, 5.74) is -0.261. The van der Waals surface area contributed by atoms with E-state index in [0.29, 0.717) is 0 Å². The normalized spacial score (nSPS) is 11.1. The number of nitro groups is 1. The van der Waals surface area contributed by atoms with Gasteiger partial charge in [-0.25, -0.2) is 18.4 Å². The molecule has 10 heteroatoms. The summed E-state index contributed by atoms with van der Waals surface area (Å²) in [7, 11) is -4.17. The van der Waals surface area contributed by atoms with Gasteiger partial charge in [0.25, 0.3) is 15.7 Å². The van der Waals surface area contributed by atoms with E-state index in [2.05, 4.69) is 14.7 Å². The molecule has 0 amide bonds. The van der Waals surface area contributed by atoms with Crippen LogP contribution in [0.15, 0.2) is 35.5 Å². The average Bonchev–Trinajstić information content (AvgIpc) is 2.40. The molecule has 2 aromatic rings. The fourth-order valence-corrected chi connectivity index (χ4v) is 3.17. The zero-order valence-electron chi connectivity index (χ0n) is 10.6. The summed E-state index contributed by atoms with van der Waals surface area (Å²) in [6.45, 7) is 1.47. The second-order valence-electron chi connectivity index (χ2n) is 4.01. The summed E-state index contributed by atoms with van der Waals surface area (Å²) >= 11 is 5.55. The van der Waals surface area contributed by atoms with Gasteiger partial charge in [-0.3, -0.25) is 14.8 Å². The van der Waals surface area contributed by atoms with Crippen molar-refractivity contribution in [3.05, 3.63) is 51.4 Å². The third kappa shape index (κ3) is 3.26. The van der Waals surface area contributed by atoms with Gasteiger partial charge in [-0.05, 0) is 12.5 Å². The standard InChI is InChI=1S/C11H9ClN4O4S/c1-7-3-2-4-8(16(17)18)11(7)21(19,20)15-10-6-13-9(12)5-14-10/h2-6H,1H3,(H,14,15). The highest BCUT2D eigenvalue weighted by atomic mass is 35.5. The molecule has 0 radical (unpaired) electrons. The van der Waals surface area contributed by atoms with Gasteiger partial charge < -0.3 is 0 Å². The Balaban J connectivity index is 2.49. The van der Waals surface area contributed by atoms with Crippen molar-refractivity contribution in [1.29, 1.82) is 0 Å². The molecule has 0 spiro atoms. The van der Waals surface area contributed by atoms with Gasteiger partial charge in [0, 0.05) is 6.07 Å². The van der Waals surface area contributed by atoms with E-state index in [9.17, 15) is 18.5 Å². The van der Waals surface area contributed by atoms with Crippen molar-refractivity contribution in [2.45, 2.75) is 11.8 Å². The third-order valence-electron chi connectivity index (χ3n) is 2.52. The summed E-state index contributed by atoms with van der Waals surface area (Å²) < 4.78 is 26.8. The Morgan fingerprint density at radius 3 is 2.57 bits per heavy atom. The summed E-state index contributed by atoms with van der Waals surface area (Å²) in [6, 6.07) is 4.00. The Kier molecular flexibility index (Phi) is 4.05. The van der Waals surface area contributed by atoms with E-state index in [4.69, 9.17) is 11.6 Å². The smallest absolute Gasteiger partial charge is 0.262 e. The number of sulfonamides is 1. The van der Waals surface area contributed by atoms with Crippen molar-refractivity contribution in [3.63, 3.8) is 0 Å². The zero-order chi connectivity index (χ0) is 15.6. The van der Waals surface area contributed by atoms with Gasteiger partial charge in [-0.2, -0.15) is 0 Å². The van der Waals surface area contributed by atoms with Crippen molar-refractivity contribution < 1.29 is 13.3 Å². The summed E-state index contributed by atoms with van der Waals surface area (Å²) in [5.74, 6) is -0.0862. The van der Waals surface area contributed by atoms with Gasteiger partial charge in [-0.15, -0.1) is 0 Å².